The lowest BCUT2D eigenvalue weighted by Gasteiger charge is -2.15. The summed E-state index contributed by atoms with van der Waals surface area (Å²) in [5.74, 6) is -0.622. The van der Waals surface area contributed by atoms with Crippen molar-refractivity contribution < 1.29 is 28.1 Å². The fraction of sp³-hybridized carbons (Fsp3) is 0.481. The Balaban J connectivity index is 1.40. The topological polar surface area (TPSA) is 106 Å². The molecule has 0 bridgehead atoms. The van der Waals surface area contributed by atoms with E-state index >= 15 is 0 Å². The van der Waals surface area contributed by atoms with E-state index in [9.17, 15) is 19.1 Å². The van der Waals surface area contributed by atoms with Crippen LogP contribution in [0.4, 0.5) is 4.39 Å². The lowest BCUT2D eigenvalue weighted by Crippen LogP contribution is -2.13. The molecule has 2 aromatic heterocycles. The SMILES string of the molecule is CC1(Cc2cc(-c3onc([C@@H](CCC(=O)O)CC(=O)Cc4ccc(Cl)cc4F)c3C3CC3)no2)CC1. The molecule has 9 heteroatoms. The van der Waals surface area contributed by atoms with Gasteiger partial charge < -0.3 is 14.2 Å². The Morgan fingerprint density at radius 2 is 2.00 bits per heavy atom. The summed E-state index contributed by atoms with van der Waals surface area (Å²) in [6.45, 7) is 2.22. The highest BCUT2D eigenvalue weighted by molar-refractivity contribution is 6.30. The summed E-state index contributed by atoms with van der Waals surface area (Å²) in [6, 6.07) is 6.10. The zero-order valence-corrected chi connectivity index (χ0v) is 20.8. The molecule has 5 rings (SSSR count). The molecule has 0 amide bonds. The zero-order chi connectivity index (χ0) is 25.4. The van der Waals surface area contributed by atoms with Crippen LogP contribution in [0.3, 0.4) is 0 Å². The van der Waals surface area contributed by atoms with E-state index < -0.39 is 17.7 Å². The molecule has 2 heterocycles. The third kappa shape index (κ3) is 5.69. The number of hydrogen-bond donors (Lipinski definition) is 1. The molecule has 3 aromatic rings. The maximum Gasteiger partial charge on any atom is 0.303 e. The maximum atomic E-state index is 14.2. The van der Waals surface area contributed by atoms with E-state index in [0.29, 0.717) is 17.1 Å². The molecule has 2 fully saturated rings. The minimum absolute atomic E-state index is 0.0312. The predicted molar refractivity (Wildman–Crippen MR) is 129 cm³/mol. The number of carboxylic acid groups (broad SMARTS) is 1. The average Bonchev–Trinajstić information content (AvgIpc) is 3.70. The molecular weight excluding hydrogens is 487 g/mol. The lowest BCUT2D eigenvalue weighted by atomic mass is 9.87. The van der Waals surface area contributed by atoms with Crippen molar-refractivity contribution in [3.8, 4) is 11.5 Å². The molecule has 0 spiro atoms. The van der Waals surface area contributed by atoms with Gasteiger partial charge in [-0.2, -0.15) is 0 Å². The van der Waals surface area contributed by atoms with E-state index in [1.807, 2.05) is 6.07 Å². The van der Waals surface area contributed by atoms with Gasteiger partial charge in [-0.3, -0.25) is 9.59 Å². The van der Waals surface area contributed by atoms with Crippen molar-refractivity contribution in [3.05, 3.63) is 57.7 Å². The Morgan fingerprint density at radius 1 is 1.22 bits per heavy atom. The van der Waals surface area contributed by atoms with Crippen LogP contribution in [-0.4, -0.2) is 27.2 Å². The number of hydrogen-bond acceptors (Lipinski definition) is 6. The number of nitrogens with zero attached hydrogens (tertiary/aromatic N) is 2. The average molecular weight is 515 g/mol. The Morgan fingerprint density at radius 3 is 2.67 bits per heavy atom. The standard InChI is InChI=1S/C27H28ClFN2O5/c1-27(8-9-27)14-20-13-22(30-35-20)26-24(15-2-3-15)25(31-36-26)17(5-7-23(33)34)11-19(32)10-16-4-6-18(28)12-21(16)29/h4,6,12-13,15,17H,2-3,5,7-11,14H2,1H3,(H,33,34)/t17-/m0/s1. The summed E-state index contributed by atoms with van der Waals surface area (Å²) < 4.78 is 25.6. The van der Waals surface area contributed by atoms with Crippen molar-refractivity contribution in [1.29, 1.82) is 0 Å². The first-order chi connectivity index (χ1) is 17.2. The first kappa shape index (κ1) is 24.7. The molecule has 0 unspecified atom stereocenters. The highest BCUT2D eigenvalue weighted by Crippen LogP contribution is 2.50. The summed E-state index contributed by atoms with van der Waals surface area (Å²) >= 11 is 5.82. The number of Topliss-reactive ketones (excluding diaryl/α,β-unsaturated/α-hetero) is 1. The van der Waals surface area contributed by atoms with Gasteiger partial charge in [-0.15, -0.1) is 0 Å². The monoisotopic (exact) mass is 514 g/mol. The van der Waals surface area contributed by atoms with Gasteiger partial charge in [0.1, 0.15) is 17.4 Å². The first-order valence-corrected chi connectivity index (χ1v) is 12.7. The number of benzene rings is 1. The fourth-order valence-corrected chi connectivity index (χ4v) is 4.89. The first-order valence-electron chi connectivity index (χ1n) is 12.3. The highest BCUT2D eigenvalue weighted by Gasteiger charge is 2.40. The van der Waals surface area contributed by atoms with Gasteiger partial charge in [0.2, 0.25) is 0 Å². The van der Waals surface area contributed by atoms with E-state index in [2.05, 4.69) is 17.2 Å². The van der Waals surface area contributed by atoms with Crippen LogP contribution in [0, 0.1) is 11.2 Å². The number of aromatic nitrogens is 2. The van der Waals surface area contributed by atoms with Crippen molar-refractivity contribution >= 4 is 23.4 Å². The molecule has 0 radical (unpaired) electrons. The summed E-state index contributed by atoms with van der Waals surface area (Å²) in [7, 11) is 0. The van der Waals surface area contributed by atoms with Crippen molar-refractivity contribution in [2.24, 2.45) is 5.41 Å². The van der Waals surface area contributed by atoms with Crippen molar-refractivity contribution in [3.63, 3.8) is 0 Å². The summed E-state index contributed by atoms with van der Waals surface area (Å²) in [6.07, 6.45) is 5.09. The molecular formula is C27H28ClFN2O5. The third-order valence-electron chi connectivity index (χ3n) is 7.21. The van der Waals surface area contributed by atoms with E-state index in [1.54, 1.807) is 6.07 Å². The Labute approximate surface area is 213 Å². The van der Waals surface area contributed by atoms with Gasteiger partial charge in [0.15, 0.2) is 11.5 Å². The second-order valence-electron chi connectivity index (χ2n) is 10.5. The van der Waals surface area contributed by atoms with Crippen molar-refractivity contribution in [1.82, 2.24) is 10.3 Å². The van der Waals surface area contributed by atoms with Crippen LogP contribution in [-0.2, 0) is 22.4 Å². The molecule has 1 N–H and O–H groups in total. The van der Waals surface area contributed by atoms with Crippen LogP contribution in [0.1, 0.15) is 86.3 Å². The van der Waals surface area contributed by atoms with Gasteiger partial charge >= 0.3 is 5.97 Å². The number of carboxylic acids is 1. The van der Waals surface area contributed by atoms with Crippen molar-refractivity contribution in [2.45, 2.75) is 76.5 Å². The minimum atomic E-state index is -0.956. The normalized spacial score (nSPS) is 17.2. The van der Waals surface area contributed by atoms with Crippen LogP contribution in [0.5, 0.6) is 0 Å². The second-order valence-corrected chi connectivity index (χ2v) is 11.0. The summed E-state index contributed by atoms with van der Waals surface area (Å²) in [5, 5.41) is 18.1. The van der Waals surface area contributed by atoms with Gasteiger partial charge in [-0.25, -0.2) is 4.39 Å². The molecule has 2 aliphatic rings. The Bertz CT molecular complexity index is 1290. The number of aliphatic carboxylic acids is 1. The summed E-state index contributed by atoms with van der Waals surface area (Å²) in [4.78, 5) is 24.3. The van der Waals surface area contributed by atoms with Gasteiger partial charge in [0.05, 0.1) is 5.69 Å². The highest BCUT2D eigenvalue weighted by atomic mass is 35.5. The third-order valence-corrected chi connectivity index (χ3v) is 7.44. The quantitative estimate of drug-likeness (QED) is 0.294. The van der Waals surface area contributed by atoms with Crippen LogP contribution < -0.4 is 0 Å². The van der Waals surface area contributed by atoms with Crippen LogP contribution in [0.25, 0.3) is 11.5 Å². The fourth-order valence-electron chi connectivity index (χ4n) is 4.73. The zero-order valence-electron chi connectivity index (χ0n) is 20.1. The molecule has 0 saturated heterocycles. The summed E-state index contributed by atoms with van der Waals surface area (Å²) in [5.41, 5.74) is 2.57. The second kappa shape index (κ2) is 9.81. The molecule has 1 aromatic carbocycles. The molecule has 190 valence electrons. The minimum Gasteiger partial charge on any atom is -0.481 e. The van der Waals surface area contributed by atoms with Gasteiger partial charge in [0, 0.05) is 48.3 Å². The molecule has 1 atom stereocenters. The molecule has 36 heavy (non-hydrogen) atoms. The number of carbonyl (C=O) groups excluding carboxylic acids is 1. The van der Waals surface area contributed by atoms with Crippen LogP contribution in [0.2, 0.25) is 5.02 Å². The number of carbonyl (C=O) groups is 2. The predicted octanol–water partition coefficient (Wildman–Crippen LogP) is 6.49. The maximum absolute atomic E-state index is 14.2. The number of ketones is 1. The van der Waals surface area contributed by atoms with E-state index in [0.717, 1.165) is 30.6 Å². The van der Waals surface area contributed by atoms with E-state index in [1.165, 1.54) is 25.0 Å². The smallest absolute Gasteiger partial charge is 0.303 e. The molecule has 2 aliphatic carbocycles. The van der Waals surface area contributed by atoms with Gasteiger partial charge in [-0.05, 0) is 61.1 Å². The van der Waals surface area contributed by atoms with Crippen LogP contribution in [0.15, 0.2) is 33.3 Å². The number of rotatable bonds is 12. The van der Waals surface area contributed by atoms with Crippen LogP contribution >= 0.6 is 11.6 Å². The Kier molecular flexibility index (Phi) is 6.72. The van der Waals surface area contributed by atoms with Gasteiger partial charge in [0.25, 0.3) is 0 Å². The molecule has 7 nitrogen and oxygen atoms in total. The lowest BCUT2D eigenvalue weighted by molar-refractivity contribution is -0.137. The van der Waals surface area contributed by atoms with Crippen molar-refractivity contribution in [2.75, 3.05) is 0 Å². The Hall–Kier alpha value is -3.00. The number of halogens is 2. The molecule has 2 saturated carbocycles. The van der Waals surface area contributed by atoms with E-state index in [-0.39, 0.29) is 53.4 Å². The van der Waals surface area contributed by atoms with Gasteiger partial charge in [-0.1, -0.05) is 34.9 Å². The molecule has 0 aliphatic heterocycles. The largest absolute Gasteiger partial charge is 0.481 e. The van der Waals surface area contributed by atoms with E-state index in [4.69, 9.17) is 20.6 Å².